The first-order valence-electron chi connectivity index (χ1n) is 3.90. The van der Waals surface area contributed by atoms with Crippen LogP contribution in [0.5, 0.6) is 0 Å². The third-order valence-electron chi connectivity index (χ3n) is 2.02. The first-order valence-corrected chi connectivity index (χ1v) is 3.90. The van der Waals surface area contributed by atoms with Crippen LogP contribution >= 0.6 is 0 Å². The van der Waals surface area contributed by atoms with Gasteiger partial charge < -0.3 is 10.5 Å². The quantitative estimate of drug-likeness (QED) is 0.382. The van der Waals surface area contributed by atoms with E-state index in [-0.39, 0.29) is 12.1 Å². The minimum atomic E-state index is -1.85. The minimum Gasteiger partial charge on any atom is -0.463 e. The highest BCUT2D eigenvalue weighted by Crippen LogP contribution is 2.25. The Morgan fingerprint density at radius 1 is 1.79 bits per heavy atom. The van der Waals surface area contributed by atoms with Gasteiger partial charge in [-0.3, -0.25) is 10.1 Å². The summed E-state index contributed by atoms with van der Waals surface area (Å²) < 4.78 is 4.39. The molecule has 1 aliphatic rings. The molecule has 14 heavy (non-hydrogen) atoms. The van der Waals surface area contributed by atoms with E-state index < -0.39 is 16.4 Å². The summed E-state index contributed by atoms with van der Waals surface area (Å²) in [5.41, 5.74) is 3.87. The molecule has 0 heterocycles. The van der Waals surface area contributed by atoms with Crippen molar-refractivity contribution < 1.29 is 14.5 Å². The van der Waals surface area contributed by atoms with Gasteiger partial charge >= 0.3 is 11.5 Å². The van der Waals surface area contributed by atoms with Crippen LogP contribution < -0.4 is 5.73 Å². The fourth-order valence-corrected chi connectivity index (χ4v) is 1.28. The average molecular weight is 198 g/mol. The molecule has 1 atom stereocenters. The zero-order valence-electron chi connectivity index (χ0n) is 7.60. The molecule has 1 unspecified atom stereocenters. The lowest BCUT2D eigenvalue weighted by Gasteiger charge is -2.21. The first kappa shape index (κ1) is 10.2. The van der Waals surface area contributed by atoms with Crippen molar-refractivity contribution in [1.29, 1.82) is 0 Å². The second kappa shape index (κ2) is 3.49. The molecule has 0 fully saturated rings. The van der Waals surface area contributed by atoms with Crippen LogP contribution in [-0.4, -0.2) is 23.5 Å². The molecule has 0 radical (unpaired) electrons. The molecule has 0 aromatic heterocycles. The molecule has 0 spiro atoms. The molecule has 0 bridgehead atoms. The highest BCUT2D eigenvalue weighted by Gasteiger charge is 2.51. The summed E-state index contributed by atoms with van der Waals surface area (Å²) in [5, 5.41) is 10.8. The molecular weight excluding hydrogens is 188 g/mol. The summed E-state index contributed by atoms with van der Waals surface area (Å²) in [7, 11) is 1.11. The number of nitro groups is 1. The summed E-state index contributed by atoms with van der Waals surface area (Å²) in [6.45, 7) is 0. The Bertz CT molecular complexity index is 334. The van der Waals surface area contributed by atoms with Crippen molar-refractivity contribution in [3.05, 3.63) is 34.0 Å². The molecule has 76 valence electrons. The van der Waals surface area contributed by atoms with Crippen LogP contribution in [0.1, 0.15) is 6.42 Å². The second-order valence-corrected chi connectivity index (χ2v) is 2.95. The lowest BCUT2D eigenvalue weighted by Crippen LogP contribution is -2.47. The number of nitrogens with two attached hydrogens (primary N) is 1. The van der Waals surface area contributed by atoms with Crippen molar-refractivity contribution in [2.75, 3.05) is 7.11 Å². The molecule has 0 amide bonds. The van der Waals surface area contributed by atoms with E-state index in [9.17, 15) is 14.9 Å². The van der Waals surface area contributed by atoms with E-state index >= 15 is 0 Å². The van der Waals surface area contributed by atoms with Gasteiger partial charge in [-0.15, -0.1) is 0 Å². The third-order valence-corrected chi connectivity index (χ3v) is 2.02. The van der Waals surface area contributed by atoms with Crippen molar-refractivity contribution >= 4 is 5.97 Å². The summed E-state index contributed by atoms with van der Waals surface area (Å²) in [5.74, 6) is -0.908. The van der Waals surface area contributed by atoms with Gasteiger partial charge in [0.15, 0.2) is 0 Å². The molecule has 1 aliphatic carbocycles. The fraction of sp³-hybridized carbons (Fsp3) is 0.375. The van der Waals surface area contributed by atoms with Crippen LogP contribution in [0.2, 0.25) is 0 Å². The van der Waals surface area contributed by atoms with Crippen LogP contribution in [0, 0.1) is 10.1 Å². The van der Waals surface area contributed by atoms with Crippen molar-refractivity contribution in [2.24, 2.45) is 5.73 Å². The number of allylic oxidation sites excluding steroid dienone is 2. The maximum Gasteiger partial charge on any atom is 0.389 e. The minimum absolute atomic E-state index is 0.150. The molecule has 0 aromatic rings. The third kappa shape index (κ3) is 1.46. The SMILES string of the molecule is COC(=O)C1([N+](=O)[O-])C=CC=C(N)C1. The molecule has 0 aliphatic heterocycles. The fourth-order valence-electron chi connectivity index (χ4n) is 1.28. The standard InChI is InChI=1S/C8H10N2O4/c1-14-7(11)8(10(12)13)4-2-3-6(9)5-8/h2-4H,5,9H2,1H3. The largest absolute Gasteiger partial charge is 0.463 e. The molecule has 1 rings (SSSR count). The highest BCUT2D eigenvalue weighted by atomic mass is 16.6. The molecule has 0 saturated heterocycles. The average Bonchev–Trinajstić information content (AvgIpc) is 2.16. The number of nitrogens with zero attached hydrogens (tertiary/aromatic N) is 1. The number of rotatable bonds is 2. The Morgan fingerprint density at radius 2 is 2.43 bits per heavy atom. The van der Waals surface area contributed by atoms with Gasteiger partial charge in [0, 0.05) is 16.7 Å². The van der Waals surface area contributed by atoms with E-state index in [0.29, 0.717) is 0 Å². The van der Waals surface area contributed by atoms with E-state index in [1.807, 2.05) is 0 Å². The molecule has 6 heteroatoms. The van der Waals surface area contributed by atoms with E-state index in [4.69, 9.17) is 5.73 Å². The molecular formula is C8H10N2O4. The Kier molecular flexibility index (Phi) is 2.55. The molecule has 0 aromatic carbocycles. The first-order chi connectivity index (χ1) is 6.53. The van der Waals surface area contributed by atoms with Crippen LogP contribution in [0.4, 0.5) is 0 Å². The van der Waals surface area contributed by atoms with E-state index in [0.717, 1.165) is 7.11 Å². The Labute approximate surface area is 80.2 Å². The summed E-state index contributed by atoms with van der Waals surface area (Å²) in [6, 6.07) is 0. The number of ether oxygens (including phenoxy) is 1. The Morgan fingerprint density at radius 3 is 2.86 bits per heavy atom. The van der Waals surface area contributed by atoms with Crippen molar-refractivity contribution in [3.8, 4) is 0 Å². The lowest BCUT2D eigenvalue weighted by molar-refractivity contribution is -0.540. The van der Waals surface area contributed by atoms with Gasteiger partial charge in [0.25, 0.3) is 0 Å². The predicted molar refractivity (Wildman–Crippen MR) is 47.8 cm³/mol. The number of hydrogen-bond acceptors (Lipinski definition) is 5. The van der Waals surface area contributed by atoms with Gasteiger partial charge in [-0.25, -0.2) is 4.79 Å². The summed E-state index contributed by atoms with van der Waals surface area (Å²) in [4.78, 5) is 21.4. The monoisotopic (exact) mass is 198 g/mol. The van der Waals surface area contributed by atoms with Gasteiger partial charge in [0.1, 0.15) is 0 Å². The Balaban J connectivity index is 3.08. The van der Waals surface area contributed by atoms with Gasteiger partial charge in [0.05, 0.1) is 13.5 Å². The van der Waals surface area contributed by atoms with Gasteiger partial charge in [0.2, 0.25) is 0 Å². The number of esters is 1. The summed E-state index contributed by atoms with van der Waals surface area (Å²) in [6.07, 6.45) is 3.95. The van der Waals surface area contributed by atoms with Gasteiger partial charge in [-0.1, -0.05) is 6.08 Å². The van der Waals surface area contributed by atoms with Crippen LogP contribution in [0.3, 0.4) is 0 Å². The van der Waals surface area contributed by atoms with Crippen LogP contribution in [0.25, 0.3) is 0 Å². The number of carbonyl (C=O) groups excluding carboxylic acids is 1. The molecule has 2 N–H and O–H groups in total. The molecule has 0 saturated carbocycles. The van der Waals surface area contributed by atoms with E-state index in [1.165, 1.54) is 18.2 Å². The van der Waals surface area contributed by atoms with Crippen molar-refractivity contribution in [1.82, 2.24) is 0 Å². The number of carbonyl (C=O) groups is 1. The lowest BCUT2D eigenvalue weighted by atomic mass is 9.90. The Hall–Kier alpha value is -1.85. The van der Waals surface area contributed by atoms with Gasteiger partial charge in [-0.2, -0.15) is 0 Å². The van der Waals surface area contributed by atoms with Crippen molar-refractivity contribution in [3.63, 3.8) is 0 Å². The summed E-state index contributed by atoms with van der Waals surface area (Å²) >= 11 is 0. The number of hydrogen-bond donors (Lipinski definition) is 1. The maximum atomic E-state index is 11.3. The van der Waals surface area contributed by atoms with Crippen molar-refractivity contribution in [2.45, 2.75) is 12.0 Å². The normalized spacial score (nSPS) is 25.4. The van der Waals surface area contributed by atoms with Gasteiger partial charge in [-0.05, 0) is 6.08 Å². The second-order valence-electron chi connectivity index (χ2n) is 2.95. The highest BCUT2D eigenvalue weighted by molar-refractivity contribution is 5.82. The maximum absolute atomic E-state index is 11.3. The molecule has 6 nitrogen and oxygen atoms in total. The topological polar surface area (TPSA) is 95.5 Å². The van der Waals surface area contributed by atoms with E-state index in [2.05, 4.69) is 4.74 Å². The van der Waals surface area contributed by atoms with Crippen LogP contribution in [0.15, 0.2) is 23.9 Å². The number of methoxy groups -OCH3 is 1. The predicted octanol–water partition coefficient (Wildman–Crippen LogP) is -0.0226. The zero-order chi connectivity index (χ0) is 10.8. The van der Waals surface area contributed by atoms with E-state index in [1.54, 1.807) is 0 Å². The smallest absolute Gasteiger partial charge is 0.389 e. The van der Waals surface area contributed by atoms with Crippen LogP contribution in [-0.2, 0) is 9.53 Å². The zero-order valence-corrected chi connectivity index (χ0v) is 7.60.